The van der Waals surface area contributed by atoms with Crippen molar-refractivity contribution >= 4 is 5.78 Å². The number of carbonyl (C=O) groups excluding carboxylic acids is 1. The van der Waals surface area contributed by atoms with E-state index in [1.165, 1.54) is 0 Å². The standard InChI is InChI=1S/C16H16O4/c17-10-14(18)11-20-15-8-6-13(7-9-15)16(19)12-4-2-1-3-5-12/h1-9,14,17-18H,10-11H2. The van der Waals surface area contributed by atoms with Crippen LogP contribution in [0.5, 0.6) is 5.75 Å². The summed E-state index contributed by atoms with van der Waals surface area (Å²) in [6, 6.07) is 15.7. The van der Waals surface area contributed by atoms with Gasteiger partial charge in [-0.1, -0.05) is 30.3 Å². The molecule has 0 saturated carbocycles. The van der Waals surface area contributed by atoms with Crippen LogP contribution in [0.3, 0.4) is 0 Å². The van der Waals surface area contributed by atoms with Gasteiger partial charge in [-0.15, -0.1) is 0 Å². The van der Waals surface area contributed by atoms with Crippen molar-refractivity contribution in [2.45, 2.75) is 6.10 Å². The van der Waals surface area contributed by atoms with Crippen LogP contribution in [-0.4, -0.2) is 35.3 Å². The van der Waals surface area contributed by atoms with E-state index < -0.39 is 6.10 Å². The van der Waals surface area contributed by atoms with Crippen molar-refractivity contribution in [3.05, 3.63) is 65.7 Å². The van der Waals surface area contributed by atoms with Crippen LogP contribution in [0, 0.1) is 0 Å². The van der Waals surface area contributed by atoms with Crippen LogP contribution >= 0.6 is 0 Å². The van der Waals surface area contributed by atoms with Gasteiger partial charge >= 0.3 is 0 Å². The summed E-state index contributed by atoms with van der Waals surface area (Å²) in [7, 11) is 0. The molecular formula is C16H16O4. The molecule has 20 heavy (non-hydrogen) atoms. The summed E-state index contributed by atoms with van der Waals surface area (Å²) in [5.74, 6) is 0.495. The number of aliphatic hydroxyl groups is 2. The molecule has 0 radical (unpaired) electrons. The monoisotopic (exact) mass is 272 g/mol. The van der Waals surface area contributed by atoms with Crippen molar-refractivity contribution < 1.29 is 19.7 Å². The lowest BCUT2D eigenvalue weighted by molar-refractivity contribution is 0.0536. The number of benzene rings is 2. The lowest BCUT2D eigenvalue weighted by atomic mass is 10.0. The van der Waals surface area contributed by atoms with E-state index in [1.54, 1.807) is 36.4 Å². The first kappa shape index (κ1) is 14.2. The Labute approximate surface area is 117 Å². The highest BCUT2D eigenvalue weighted by atomic mass is 16.5. The lowest BCUT2D eigenvalue weighted by Gasteiger charge is -2.10. The first-order chi connectivity index (χ1) is 9.70. The van der Waals surface area contributed by atoms with Crippen molar-refractivity contribution in [2.75, 3.05) is 13.2 Å². The molecule has 0 saturated heterocycles. The zero-order valence-corrected chi connectivity index (χ0v) is 10.9. The summed E-state index contributed by atoms with van der Waals surface area (Å²) in [5, 5.41) is 17.9. The Hall–Kier alpha value is -2.17. The molecule has 0 amide bonds. The fourth-order valence-corrected chi connectivity index (χ4v) is 1.70. The average Bonchev–Trinajstić information content (AvgIpc) is 2.53. The van der Waals surface area contributed by atoms with E-state index in [4.69, 9.17) is 9.84 Å². The molecule has 0 aliphatic heterocycles. The number of hydrogen-bond donors (Lipinski definition) is 2. The molecule has 2 aromatic carbocycles. The Morgan fingerprint density at radius 2 is 1.60 bits per heavy atom. The number of ether oxygens (including phenoxy) is 1. The minimum absolute atomic E-state index is 0.0163. The molecule has 0 heterocycles. The zero-order chi connectivity index (χ0) is 14.4. The smallest absolute Gasteiger partial charge is 0.193 e. The van der Waals surface area contributed by atoms with Crippen LogP contribution in [0.25, 0.3) is 0 Å². The summed E-state index contributed by atoms with van der Waals surface area (Å²) >= 11 is 0. The van der Waals surface area contributed by atoms with Crippen molar-refractivity contribution in [3.8, 4) is 5.75 Å². The van der Waals surface area contributed by atoms with Gasteiger partial charge in [0.05, 0.1) is 6.61 Å². The Morgan fingerprint density at radius 1 is 1.00 bits per heavy atom. The highest BCUT2D eigenvalue weighted by Crippen LogP contribution is 2.15. The normalized spacial score (nSPS) is 11.9. The number of rotatable bonds is 6. The Balaban J connectivity index is 2.03. The van der Waals surface area contributed by atoms with Crippen LogP contribution in [0.2, 0.25) is 0 Å². The van der Waals surface area contributed by atoms with Gasteiger partial charge in [0.25, 0.3) is 0 Å². The molecule has 2 N–H and O–H groups in total. The number of ketones is 1. The van der Waals surface area contributed by atoms with Gasteiger partial charge in [0.1, 0.15) is 18.5 Å². The van der Waals surface area contributed by atoms with E-state index >= 15 is 0 Å². The third-order valence-electron chi connectivity index (χ3n) is 2.81. The average molecular weight is 272 g/mol. The van der Waals surface area contributed by atoms with Gasteiger partial charge in [0.15, 0.2) is 5.78 Å². The number of carbonyl (C=O) groups is 1. The molecule has 0 spiro atoms. The Bertz CT molecular complexity index is 548. The van der Waals surface area contributed by atoms with E-state index in [9.17, 15) is 9.90 Å². The first-order valence-corrected chi connectivity index (χ1v) is 6.32. The number of aliphatic hydroxyl groups excluding tert-OH is 2. The highest BCUT2D eigenvalue weighted by molar-refractivity contribution is 6.08. The first-order valence-electron chi connectivity index (χ1n) is 6.32. The number of hydrogen-bond acceptors (Lipinski definition) is 4. The molecule has 104 valence electrons. The minimum Gasteiger partial charge on any atom is -0.491 e. The second kappa shape index (κ2) is 6.84. The van der Waals surface area contributed by atoms with Gasteiger partial charge in [-0.05, 0) is 24.3 Å². The quantitative estimate of drug-likeness (QED) is 0.785. The van der Waals surface area contributed by atoms with E-state index in [1.807, 2.05) is 18.2 Å². The molecule has 0 aliphatic carbocycles. The van der Waals surface area contributed by atoms with Crippen LogP contribution in [0.4, 0.5) is 0 Å². The van der Waals surface area contributed by atoms with E-state index in [2.05, 4.69) is 0 Å². The van der Waals surface area contributed by atoms with E-state index in [-0.39, 0.29) is 19.0 Å². The third-order valence-corrected chi connectivity index (χ3v) is 2.81. The van der Waals surface area contributed by atoms with Crippen molar-refractivity contribution in [1.29, 1.82) is 0 Å². The predicted molar refractivity (Wildman–Crippen MR) is 74.9 cm³/mol. The molecule has 4 nitrogen and oxygen atoms in total. The van der Waals surface area contributed by atoms with Gasteiger partial charge in [-0.3, -0.25) is 4.79 Å². The fraction of sp³-hybridized carbons (Fsp3) is 0.188. The topological polar surface area (TPSA) is 66.8 Å². The molecule has 1 atom stereocenters. The molecule has 0 bridgehead atoms. The van der Waals surface area contributed by atoms with Crippen molar-refractivity contribution in [1.82, 2.24) is 0 Å². The summed E-state index contributed by atoms with van der Waals surface area (Å²) in [5.41, 5.74) is 1.21. The molecule has 1 unspecified atom stereocenters. The second-order valence-corrected chi connectivity index (χ2v) is 4.37. The Morgan fingerprint density at radius 3 is 2.20 bits per heavy atom. The van der Waals surface area contributed by atoms with Crippen LogP contribution in [0.15, 0.2) is 54.6 Å². The predicted octanol–water partition coefficient (Wildman–Crippen LogP) is 1.65. The third kappa shape index (κ3) is 3.66. The van der Waals surface area contributed by atoms with E-state index in [0.717, 1.165) is 0 Å². The van der Waals surface area contributed by atoms with Crippen LogP contribution < -0.4 is 4.74 Å². The van der Waals surface area contributed by atoms with E-state index in [0.29, 0.717) is 16.9 Å². The SMILES string of the molecule is O=C(c1ccccc1)c1ccc(OCC(O)CO)cc1. The molecular weight excluding hydrogens is 256 g/mol. The van der Waals surface area contributed by atoms with Gasteiger partial charge in [-0.2, -0.15) is 0 Å². The fourth-order valence-electron chi connectivity index (χ4n) is 1.70. The van der Waals surface area contributed by atoms with Gasteiger partial charge in [0, 0.05) is 11.1 Å². The summed E-state index contributed by atoms with van der Waals surface area (Å²) in [4.78, 5) is 12.2. The maximum atomic E-state index is 12.2. The molecule has 0 aliphatic rings. The van der Waals surface area contributed by atoms with Crippen molar-refractivity contribution in [3.63, 3.8) is 0 Å². The van der Waals surface area contributed by atoms with Crippen LogP contribution in [0.1, 0.15) is 15.9 Å². The maximum Gasteiger partial charge on any atom is 0.193 e. The summed E-state index contributed by atoms with van der Waals surface area (Å²) in [6.07, 6.45) is -0.902. The summed E-state index contributed by atoms with van der Waals surface area (Å²) < 4.78 is 5.28. The largest absolute Gasteiger partial charge is 0.491 e. The molecule has 0 fully saturated rings. The highest BCUT2D eigenvalue weighted by Gasteiger charge is 2.09. The van der Waals surface area contributed by atoms with Crippen LogP contribution in [-0.2, 0) is 0 Å². The lowest BCUT2D eigenvalue weighted by Crippen LogP contribution is -2.21. The second-order valence-electron chi connectivity index (χ2n) is 4.37. The van der Waals surface area contributed by atoms with Gasteiger partial charge < -0.3 is 14.9 Å². The minimum atomic E-state index is -0.902. The molecule has 0 aromatic heterocycles. The maximum absolute atomic E-state index is 12.2. The molecule has 2 rings (SSSR count). The summed E-state index contributed by atoms with van der Waals surface area (Å²) in [6.45, 7) is -0.326. The molecule has 4 heteroatoms. The van der Waals surface area contributed by atoms with Gasteiger partial charge in [0.2, 0.25) is 0 Å². The molecule has 2 aromatic rings. The zero-order valence-electron chi connectivity index (χ0n) is 10.9. The Kier molecular flexibility index (Phi) is 4.87. The van der Waals surface area contributed by atoms with Crippen molar-refractivity contribution in [2.24, 2.45) is 0 Å². The van der Waals surface area contributed by atoms with Gasteiger partial charge in [-0.25, -0.2) is 0 Å².